The fourth-order valence-electron chi connectivity index (χ4n) is 0.830. The van der Waals surface area contributed by atoms with Crippen LogP contribution in [0.15, 0.2) is 24.5 Å². The van der Waals surface area contributed by atoms with Crippen molar-refractivity contribution >= 4 is 5.91 Å². The molecule has 1 rings (SSSR count). The summed E-state index contributed by atoms with van der Waals surface area (Å²) >= 11 is 0. The summed E-state index contributed by atoms with van der Waals surface area (Å²) in [5.41, 5.74) is 0.616. The van der Waals surface area contributed by atoms with E-state index in [9.17, 15) is 4.79 Å². The highest BCUT2D eigenvalue weighted by molar-refractivity contribution is 5.93. The number of nitrogens with one attached hydrogen (secondary N) is 1. The van der Waals surface area contributed by atoms with Crippen LogP contribution in [0.1, 0.15) is 10.4 Å². The van der Waals surface area contributed by atoms with Crippen molar-refractivity contribution in [3.8, 4) is 0 Å². The highest BCUT2D eigenvalue weighted by atomic mass is 16.6. The molecular weight excluding hydrogens is 156 g/mol. The molecular formula is C8H11N2O2+. The molecule has 0 aliphatic carbocycles. The van der Waals surface area contributed by atoms with E-state index in [1.54, 1.807) is 38.7 Å². The maximum Gasteiger partial charge on any atom is 0.251 e. The molecule has 1 aromatic heterocycles. The molecule has 1 amide bonds. The molecule has 1 N–H and O–H groups in total. The summed E-state index contributed by atoms with van der Waals surface area (Å²) in [4.78, 5) is 15.9. The van der Waals surface area contributed by atoms with E-state index in [-0.39, 0.29) is 5.91 Å². The Balaban J connectivity index is 2.84. The van der Waals surface area contributed by atoms with Gasteiger partial charge in [-0.3, -0.25) is 9.63 Å². The van der Waals surface area contributed by atoms with E-state index < -0.39 is 0 Å². The summed E-state index contributed by atoms with van der Waals surface area (Å²) < 4.78 is 1.51. The van der Waals surface area contributed by atoms with Crippen molar-refractivity contribution in [1.29, 1.82) is 0 Å². The van der Waals surface area contributed by atoms with Crippen molar-refractivity contribution < 1.29 is 14.4 Å². The molecule has 0 aromatic carbocycles. The Morgan fingerprint density at radius 2 is 2.08 bits per heavy atom. The minimum absolute atomic E-state index is 0.0988. The molecule has 1 aromatic rings. The second-order valence-electron chi connectivity index (χ2n) is 2.21. The fourth-order valence-corrected chi connectivity index (χ4v) is 0.830. The quantitative estimate of drug-likeness (QED) is 0.597. The predicted molar refractivity (Wildman–Crippen MR) is 42.5 cm³/mol. The van der Waals surface area contributed by atoms with Gasteiger partial charge < -0.3 is 5.32 Å². The number of hydrogen-bond acceptors (Lipinski definition) is 2. The number of nitrogens with zero attached hydrogens (tertiary/aromatic N) is 1. The molecule has 0 unspecified atom stereocenters. The zero-order valence-electron chi connectivity index (χ0n) is 7.07. The third-order valence-corrected chi connectivity index (χ3v) is 1.50. The summed E-state index contributed by atoms with van der Waals surface area (Å²) in [6, 6.07) is 3.37. The number of rotatable bonds is 2. The van der Waals surface area contributed by atoms with E-state index >= 15 is 0 Å². The molecule has 4 nitrogen and oxygen atoms in total. The largest absolute Gasteiger partial charge is 0.355 e. The molecule has 1 heterocycles. The Bertz CT molecular complexity index is 269. The Morgan fingerprint density at radius 1 is 1.50 bits per heavy atom. The number of carbonyl (C=O) groups is 1. The average Bonchev–Trinajstić information content (AvgIpc) is 2.17. The average molecular weight is 167 g/mol. The van der Waals surface area contributed by atoms with Crippen LogP contribution in [0.4, 0.5) is 0 Å². The van der Waals surface area contributed by atoms with Crippen molar-refractivity contribution in [3.05, 3.63) is 30.1 Å². The van der Waals surface area contributed by atoms with Crippen molar-refractivity contribution in [2.75, 3.05) is 14.2 Å². The van der Waals surface area contributed by atoms with Gasteiger partial charge in [0.2, 0.25) is 12.4 Å². The van der Waals surface area contributed by atoms with Gasteiger partial charge in [0.15, 0.2) is 0 Å². The molecule has 0 saturated carbocycles. The van der Waals surface area contributed by atoms with Crippen LogP contribution in [0, 0.1) is 0 Å². The van der Waals surface area contributed by atoms with Crippen LogP contribution in [0.25, 0.3) is 0 Å². The van der Waals surface area contributed by atoms with E-state index in [0.717, 1.165) is 0 Å². The molecule has 0 radical (unpaired) electrons. The zero-order valence-corrected chi connectivity index (χ0v) is 7.07. The molecule has 0 fully saturated rings. The molecule has 12 heavy (non-hydrogen) atoms. The van der Waals surface area contributed by atoms with Gasteiger partial charge in [0.25, 0.3) is 5.91 Å². The minimum Gasteiger partial charge on any atom is -0.355 e. The van der Waals surface area contributed by atoms with Gasteiger partial charge in [-0.15, -0.1) is 0 Å². The van der Waals surface area contributed by atoms with Gasteiger partial charge in [0.05, 0.1) is 5.56 Å². The minimum atomic E-state index is -0.0988. The summed E-state index contributed by atoms with van der Waals surface area (Å²) in [5.74, 6) is -0.0988. The first kappa shape index (κ1) is 8.52. The van der Waals surface area contributed by atoms with Crippen molar-refractivity contribution in [2.45, 2.75) is 0 Å². The van der Waals surface area contributed by atoms with Gasteiger partial charge in [-0.25, -0.2) is 0 Å². The molecule has 0 aliphatic heterocycles. The van der Waals surface area contributed by atoms with Crippen molar-refractivity contribution in [2.24, 2.45) is 0 Å². The normalized spacial score (nSPS) is 9.17. The van der Waals surface area contributed by atoms with Crippen LogP contribution in [0.5, 0.6) is 0 Å². The summed E-state index contributed by atoms with van der Waals surface area (Å²) in [6.45, 7) is 0. The van der Waals surface area contributed by atoms with Crippen molar-refractivity contribution in [1.82, 2.24) is 5.32 Å². The Kier molecular flexibility index (Phi) is 2.63. The highest BCUT2D eigenvalue weighted by Crippen LogP contribution is 1.92. The Labute approximate surface area is 70.7 Å². The predicted octanol–water partition coefficient (Wildman–Crippen LogP) is -0.608. The SMILES string of the molecule is CNC(=O)c1cc[n+](OC)cc1. The van der Waals surface area contributed by atoms with Crippen molar-refractivity contribution in [3.63, 3.8) is 0 Å². The monoisotopic (exact) mass is 167 g/mol. The molecule has 64 valence electrons. The third-order valence-electron chi connectivity index (χ3n) is 1.50. The van der Waals surface area contributed by atoms with E-state index in [4.69, 9.17) is 4.84 Å². The van der Waals surface area contributed by atoms with Gasteiger partial charge in [-0.05, 0) is 0 Å². The van der Waals surface area contributed by atoms with E-state index in [2.05, 4.69) is 5.32 Å². The Hall–Kier alpha value is -1.58. The lowest BCUT2D eigenvalue weighted by atomic mass is 10.2. The second-order valence-corrected chi connectivity index (χ2v) is 2.21. The van der Waals surface area contributed by atoms with Crippen LogP contribution in [0.2, 0.25) is 0 Å². The molecule has 0 spiro atoms. The van der Waals surface area contributed by atoms with Gasteiger partial charge in [-0.1, -0.05) is 0 Å². The summed E-state index contributed by atoms with van der Waals surface area (Å²) in [6.07, 6.45) is 3.34. The summed E-state index contributed by atoms with van der Waals surface area (Å²) in [7, 11) is 3.15. The highest BCUT2D eigenvalue weighted by Gasteiger charge is 2.05. The van der Waals surface area contributed by atoms with Crippen LogP contribution < -0.4 is 14.9 Å². The maximum absolute atomic E-state index is 11.1. The lowest BCUT2D eigenvalue weighted by Gasteiger charge is -1.96. The number of aromatic nitrogens is 1. The number of hydrogen-bond donors (Lipinski definition) is 1. The molecule has 0 saturated heterocycles. The van der Waals surface area contributed by atoms with E-state index in [1.807, 2.05) is 0 Å². The third kappa shape index (κ3) is 1.72. The molecule has 4 heteroatoms. The molecule has 0 atom stereocenters. The summed E-state index contributed by atoms with van der Waals surface area (Å²) in [5, 5.41) is 2.53. The van der Waals surface area contributed by atoms with E-state index in [1.165, 1.54) is 4.73 Å². The van der Waals surface area contributed by atoms with Gasteiger partial charge in [-0.2, -0.15) is 0 Å². The molecule has 0 aliphatic rings. The second kappa shape index (κ2) is 3.71. The standard InChI is InChI=1S/C8H10N2O2/c1-9-8(11)7-3-5-10(12-2)6-4-7/h3-6H,1-2H3/p+1. The lowest BCUT2D eigenvalue weighted by Crippen LogP contribution is -2.39. The molecule has 0 bridgehead atoms. The van der Waals surface area contributed by atoms with E-state index in [0.29, 0.717) is 5.56 Å². The topological polar surface area (TPSA) is 42.2 Å². The first-order chi connectivity index (χ1) is 5.77. The van der Waals surface area contributed by atoms with Crippen LogP contribution >= 0.6 is 0 Å². The first-order valence-electron chi connectivity index (χ1n) is 3.56. The fraction of sp³-hybridized carbons (Fsp3) is 0.250. The smallest absolute Gasteiger partial charge is 0.251 e. The number of carbonyl (C=O) groups excluding carboxylic acids is 1. The van der Waals surface area contributed by atoms with Crippen LogP contribution in [0.3, 0.4) is 0 Å². The number of amides is 1. The van der Waals surface area contributed by atoms with Crippen LogP contribution in [-0.2, 0) is 0 Å². The zero-order chi connectivity index (χ0) is 8.97. The lowest BCUT2D eigenvalue weighted by molar-refractivity contribution is -0.885. The van der Waals surface area contributed by atoms with Gasteiger partial charge in [0.1, 0.15) is 7.11 Å². The first-order valence-corrected chi connectivity index (χ1v) is 3.56. The number of pyridine rings is 1. The maximum atomic E-state index is 11.1. The van der Waals surface area contributed by atoms with Crippen LogP contribution in [-0.4, -0.2) is 20.1 Å². The Morgan fingerprint density at radius 3 is 2.50 bits per heavy atom. The van der Waals surface area contributed by atoms with Gasteiger partial charge >= 0.3 is 0 Å². The van der Waals surface area contributed by atoms with Gasteiger partial charge in [0, 0.05) is 23.9 Å².